The summed E-state index contributed by atoms with van der Waals surface area (Å²) >= 11 is 1.75. The lowest BCUT2D eigenvalue weighted by molar-refractivity contribution is 0.578. The molecule has 1 aliphatic rings. The van der Waals surface area contributed by atoms with Crippen LogP contribution in [0.2, 0.25) is 0 Å². The van der Waals surface area contributed by atoms with Gasteiger partial charge in [0, 0.05) is 49.1 Å². The third-order valence-corrected chi connectivity index (χ3v) is 6.19. The third-order valence-electron chi connectivity index (χ3n) is 5.21. The van der Waals surface area contributed by atoms with Crippen molar-refractivity contribution >= 4 is 28.6 Å². The molecule has 1 saturated heterocycles. The first kappa shape index (κ1) is 19.0. The summed E-state index contributed by atoms with van der Waals surface area (Å²) in [5.74, 6) is 1.69. The van der Waals surface area contributed by atoms with Crippen molar-refractivity contribution in [2.24, 2.45) is 0 Å². The number of rotatable bonds is 5. The lowest BCUT2D eigenvalue weighted by Crippen LogP contribution is -2.44. The molecule has 0 bridgehead atoms. The molecule has 2 aromatic carbocycles. The van der Waals surface area contributed by atoms with Crippen LogP contribution in [-0.4, -0.2) is 41.1 Å². The first-order valence-corrected chi connectivity index (χ1v) is 11.2. The SMILES string of the molecule is c1ccc(CSc2cc(-c3cnc4ccccc4c3)nc(N3CCNCC3)n2)cc1. The van der Waals surface area contributed by atoms with Gasteiger partial charge in [0.05, 0.1) is 11.2 Å². The first-order valence-electron chi connectivity index (χ1n) is 10.2. The standard InChI is InChI=1S/C24H23N5S/c1-2-6-18(7-3-1)17-30-23-15-22(27-24(28-23)29-12-10-25-11-13-29)20-14-19-8-4-5-9-21(19)26-16-20/h1-9,14-16,25H,10-13,17H2. The van der Waals surface area contributed by atoms with Crippen molar-refractivity contribution in [3.8, 4) is 11.3 Å². The highest BCUT2D eigenvalue weighted by Gasteiger charge is 2.16. The van der Waals surface area contributed by atoms with E-state index in [2.05, 4.69) is 57.7 Å². The lowest BCUT2D eigenvalue weighted by atomic mass is 10.1. The van der Waals surface area contributed by atoms with Crippen LogP contribution in [0.15, 0.2) is 78.0 Å². The van der Waals surface area contributed by atoms with Crippen LogP contribution in [0.1, 0.15) is 5.56 Å². The van der Waals surface area contributed by atoms with Gasteiger partial charge in [0.25, 0.3) is 0 Å². The van der Waals surface area contributed by atoms with Crippen LogP contribution >= 0.6 is 11.8 Å². The smallest absolute Gasteiger partial charge is 0.227 e. The van der Waals surface area contributed by atoms with Crippen LogP contribution in [0.4, 0.5) is 5.95 Å². The van der Waals surface area contributed by atoms with Gasteiger partial charge in [-0.3, -0.25) is 4.98 Å². The van der Waals surface area contributed by atoms with Crippen LogP contribution in [0.3, 0.4) is 0 Å². The maximum absolute atomic E-state index is 4.92. The molecule has 0 radical (unpaired) electrons. The van der Waals surface area contributed by atoms with E-state index in [9.17, 15) is 0 Å². The number of nitrogens with one attached hydrogen (secondary N) is 1. The Bertz CT molecular complexity index is 1140. The van der Waals surface area contributed by atoms with E-state index >= 15 is 0 Å². The summed E-state index contributed by atoms with van der Waals surface area (Å²) in [6, 6.07) is 22.9. The van der Waals surface area contributed by atoms with Crippen LogP contribution in [0.5, 0.6) is 0 Å². The summed E-state index contributed by atoms with van der Waals surface area (Å²) in [7, 11) is 0. The Balaban J connectivity index is 1.51. The highest BCUT2D eigenvalue weighted by atomic mass is 32.2. The number of piperazine rings is 1. The molecule has 0 unspecified atom stereocenters. The minimum atomic E-state index is 0.803. The van der Waals surface area contributed by atoms with Gasteiger partial charge in [-0.2, -0.15) is 0 Å². The molecule has 0 saturated carbocycles. The molecule has 0 amide bonds. The van der Waals surface area contributed by atoms with Gasteiger partial charge in [0.15, 0.2) is 0 Å². The molecular weight excluding hydrogens is 390 g/mol. The molecule has 6 heteroatoms. The Labute approximate surface area is 180 Å². The Morgan fingerprint density at radius 2 is 1.70 bits per heavy atom. The number of benzene rings is 2. The average Bonchev–Trinajstić information content (AvgIpc) is 2.83. The predicted octanol–water partition coefficient (Wildman–Crippen LogP) is 4.39. The van der Waals surface area contributed by atoms with E-state index in [1.165, 1.54) is 5.56 Å². The summed E-state index contributed by atoms with van der Waals surface area (Å²) in [6.45, 7) is 3.75. The molecule has 5 nitrogen and oxygen atoms in total. The van der Waals surface area contributed by atoms with Gasteiger partial charge in [-0.1, -0.05) is 48.5 Å². The average molecular weight is 414 g/mol. The second-order valence-electron chi connectivity index (χ2n) is 7.32. The zero-order valence-electron chi connectivity index (χ0n) is 16.7. The number of nitrogens with zero attached hydrogens (tertiary/aromatic N) is 4. The molecule has 0 spiro atoms. The Morgan fingerprint density at radius 1 is 0.900 bits per heavy atom. The molecule has 1 N–H and O–H groups in total. The molecule has 5 rings (SSSR count). The number of anilines is 1. The Hall–Kier alpha value is -2.96. The minimum Gasteiger partial charge on any atom is -0.338 e. The highest BCUT2D eigenvalue weighted by Crippen LogP contribution is 2.29. The summed E-state index contributed by atoms with van der Waals surface area (Å²) in [6.07, 6.45) is 1.91. The monoisotopic (exact) mass is 413 g/mol. The molecule has 150 valence electrons. The second kappa shape index (κ2) is 8.81. The molecule has 3 heterocycles. The summed E-state index contributed by atoms with van der Waals surface area (Å²) in [5.41, 5.74) is 4.23. The van der Waals surface area contributed by atoms with Crippen LogP contribution in [-0.2, 0) is 5.75 Å². The van der Waals surface area contributed by atoms with Gasteiger partial charge < -0.3 is 10.2 Å². The maximum atomic E-state index is 4.92. The fourth-order valence-electron chi connectivity index (χ4n) is 3.58. The summed E-state index contributed by atoms with van der Waals surface area (Å²) < 4.78 is 0. The molecule has 30 heavy (non-hydrogen) atoms. The van der Waals surface area contributed by atoms with E-state index in [4.69, 9.17) is 9.97 Å². The molecular formula is C24H23N5S. The Morgan fingerprint density at radius 3 is 2.57 bits per heavy atom. The predicted molar refractivity (Wildman–Crippen MR) is 124 cm³/mol. The number of fused-ring (bicyclic) bond motifs is 1. The van der Waals surface area contributed by atoms with E-state index in [-0.39, 0.29) is 0 Å². The molecule has 1 fully saturated rings. The quantitative estimate of drug-likeness (QED) is 0.387. The molecule has 0 atom stereocenters. The van der Waals surface area contributed by atoms with Gasteiger partial charge in [0.2, 0.25) is 5.95 Å². The highest BCUT2D eigenvalue weighted by molar-refractivity contribution is 7.98. The van der Waals surface area contributed by atoms with E-state index in [1.807, 2.05) is 30.5 Å². The van der Waals surface area contributed by atoms with Crippen molar-refractivity contribution in [2.45, 2.75) is 10.8 Å². The van der Waals surface area contributed by atoms with Crippen molar-refractivity contribution < 1.29 is 0 Å². The topological polar surface area (TPSA) is 53.9 Å². The number of thioether (sulfide) groups is 1. The van der Waals surface area contributed by atoms with Gasteiger partial charge in [-0.25, -0.2) is 9.97 Å². The van der Waals surface area contributed by atoms with Crippen LogP contribution in [0, 0.1) is 0 Å². The largest absolute Gasteiger partial charge is 0.338 e. The van der Waals surface area contributed by atoms with Crippen molar-refractivity contribution in [3.05, 3.63) is 78.5 Å². The molecule has 4 aromatic rings. The first-order chi connectivity index (χ1) is 14.8. The van der Waals surface area contributed by atoms with Gasteiger partial charge in [0.1, 0.15) is 5.03 Å². The van der Waals surface area contributed by atoms with Crippen LogP contribution in [0.25, 0.3) is 22.2 Å². The number of hydrogen-bond acceptors (Lipinski definition) is 6. The lowest BCUT2D eigenvalue weighted by Gasteiger charge is -2.28. The van der Waals surface area contributed by atoms with Gasteiger partial charge in [-0.05, 0) is 23.8 Å². The minimum absolute atomic E-state index is 0.803. The third kappa shape index (κ3) is 4.30. The van der Waals surface area contributed by atoms with Gasteiger partial charge in [-0.15, -0.1) is 11.8 Å². The molecule has 2 aromatic heterocycles. The second-order valence-corrected chi connectivity index (χ2v) is 8.32. The number of pyridine rings is 1. The summed E-state index contributed by atoms with van der Waals surface area (Å²) in [5, 5.41) is 5.51. The number of hydrogen-bond donors (Lipinski definition) is 1. The van der Waals surface area contributed by atoms with Crippen molar-refractivity contribution in [1.29, 1.82) is 0 Å². The number of para-hydroxylation sites is 1. The fraction of sp³-hybridized carbons (Fsp3) is 0.208. The van der Waals surface area contributed by atoms with Crippen molar-refractivity contribution in [3.63, 3.8) is 0 Å². The molecule has 1 aliphatic heterocycles. The van der Waals surface area contributed by atoms with Crippen molar-refractivity contribution in [2.75, 3.05) is 31.1 Å². The van der Waals surface area contributed by atoms with E-state index < -0.39 is 0 Å². The zero-order chi connectivity index (χ0) is 20.2. The van der Waals surface area contributed by atoms with E-state index in [0.717, 1.165) is 65.1 Å². The number of aromatic nitrogens is 3. The maximum Gasteiger partial charge on any atom is 0.227 e. The normalized spacial score (nSPS) is 14.2. The van der Waals surface area contributed by atoms with E-state index in [0.29, 0.717) is 0 Å². The summed E-state index contributed by atoms with van der Waals surface area (Å²) in [4.78, 5) is 16.7. The van der Waals surface area contributed by atoms with Crippen molar-refractivity contribution in [1.82, 2.24) is 20.3 Å². The molecule has 0 aliphatic carbocycles. The van der Waals surface area contributed by atoms with Crippen LogP contribution < -0.4 is 10.2 Å². The Kier molecular flexibility index (Phi) is 5.59. The zero-order valence-corrected chi connectivity index (χ0v) is 17.5. The fourth-order valence-corrected chi connectivity index (χ4v) is 4.43. The van der Waals surface area contributed by atoms with E-state index in [1.54, 1.807) is 11.8 Å². The van der Waals surface area contributed by atoms with Gasteiger partial charge >= 0.3 is 0 Å².